The van der Waals surface area contributed by atoms with Crippen molar-refractivity contribution in [2.75, 3.05) is 31.6 Å². The van der Waals surface area contributed by atoms with Gasteiger partial charge < -0.3 is 15.0 Å². The van der Waals surface area contributed by atoms with Gasteiger partial charge in [0.25, 0.3) is 5.91 Å². The third kappa shape index (κ3) is 3.16. The number of halogens is 1. The number of anilines is 1. The van der Waals surface area contributed by atoms with E-state index in [9.17, 15) is 14.0 Å². The second-order valence-corrected chi connectivity index (χ2v) is 8.37. The Bertz CT molecular complexity index is 1010. The number of hydrogen-bond donors (Lipinski definition) is 1. The predicted molar refractivity (Wildman–Crippen MR) is 108 cm³/mol. The van der Waals surface area contributed by atoms with Crippen molar-refractivity contribution in [1.29, 1.82) is 0 Å². The molecule has 2 aromatic rings. The van der Waals surface area contributed by atoms with E-state index in [0.717, 1.165) is 23.4 Å². The Morgan fingerprint density at radius 2 is 2.10 bits per heavy atom. The molecule has 3 aliphatic heterocycles. The van der Waals surface area contributed by atoms with Gasteiger partial charge in [-0.2, -0.15) is 0 Å². The number of nitrogens with one attached hydrogen (secondary N) is 1. The van der Waals surface area contributed by atoms with E-state index in [-0.39, 0.29) is 23.9 Å². The molecule has 8 heteroatoms. The van der Waals surface area contributed by atoms with Crippen molar-refractivity contribution in [3.05, 3.63) is 59.0 Å². The van der Waals surface area contributed by atoms with Crippen molar-refractivity contribution >= 4 is 17.8 Å². The lowest BCUT2D eigenvalue weighted by molar-refractivity contribution is 0.0779. The number of carbonyl (C=O) groups is 2. The second-order valence-electron chi connectivity index (χ2n) is 8.37. The summed E-state index contributed by atoms with van der Waals surface area (Å²) in [7, 11) is 0. The molecule has 5 rings (SSSR count). The van der Waals surface area contributed by atoms with Gasteiger partial charge in [0.1, 0.15) is 18.2 Å². The monoisotopic (exact) mass is 410 g/mol. The second kappa shape index (κ2) is 6.97. The van der Waals surface area contributed by atoms with Crippen molar-refractivity contribution in [2.24, 2.45) is 0 Å². The lowest BCUT2D eigenvalue weighted by Crippen LogP contribution is -2.39. The smallest absolute Gasteiger partial charge is 0.410 e. The van der Waals surface area contributed by atoms with Crippen molar-refractivity contribution in [1.82, 2.24) is 14.8 Å². The summed E-state index contributed by atoms with van der Waals surface area (Å²) in [5, 5.41) is 3.41. The summed E-state index contributed by atoms with van der Waals surface area (Å²) < 4.78 is 18.3. The average Bonchev–Trinajstić information content (AvgIpc) is 3.45. The molecule has 2 atom stereocenters. The fourth-order valence-corrected chi connectivity index (χ4v) is 4.65. The molecule has 4 heterocycles. The van der Waals surface area contributed by atoms with Crippen LogP contribution in [0.3, 0.4) is 0 Å². The van der Waals surface area contributed by atoms with Crippen LogP contribution >= 0.6 is 0 Å². The molecule has 30 heavy (non-hydrogen) atoms. The molecule has 0 radical (unpaired) electrons. The first-order chi connectivity index (χ1) is 14.4. The average molecular weight is 410 g/mol. The number of ether oxygens (including phenoxy) is 1. The van der Waals surface area contributed by atoms with E-state index in [2.05, 4.69) is 10.3 Å². The topological polar surface area (TPSA) is 74.8 Å². The molecular formula is C22H23FN4O3. The number of cyclic esters (lactones) is 1. The van der Waals surface area contributed by atoms with E-state index < -0.39 is 5.54 Å². The van der Waals surface area contributed by atoms with Crippen molar-refractivity contribution < 1.29 is 18.7 Å². The van der Waals surface area contributed by atoms with Crippen LogP contribution in [0, 0.1) is 5.82 Å². The molecule has 0 spiro atoms. The fourth-order valence-electron chi connectivity index (χ4n) is 4.65. The number of hydrogen-bond acceptors (Lipinski definition) is 5. The summed E-state index contributed by atoms with van der Waals surface area (Å²) in [6.45, 7) is 4.16. The van der Waals surface area contributed by atoms with E-state index in [4.69, 9.17) is 4.74 Å². The van der Waals surface area contributed by atoms with E-state index in [1.54, 1.807) is 28.1 Å². The molecule has 7 nitrogen and oxygen atoms in total. The third-order valence-corrected chi connectivity index (χ3v) is 6.32. The molecule has 2 fully saturated rings. The SMILES string of the molecule is C[C@]1(c2ccc(F)cc2)Cc2cc(C(=O)N3CCC(N4CCOC4=O)C3)cnc2N1. The van der Waals surface area contributed by atoms with Crippen molar-refractivity contribution in [2.45, 2.75) is 31.3 Å². The highest BCUT2D eigenvalue weighted by Gasteiger charge is 2.38. The van der Waals surface area contributed by atoms with Gasteiger partial charge in [0.2, 0.25) is 0 Å². The summed E-state index contributed by atoms with van der Waals surface area (Å²) in [6, 6.07) is 8.35. The van der Waals surface area contributed by atoms with Gasteiger partial charge in [-0.05, 0) is 42.7 Å². The number of amides is 2. The summed E-state index contributed by atoms with van der Waals surface area (Å²) >= 11 is 0. The number of carbonyl (C=O) groups excluding carboxylic acids is 2. The van der Waals surface area contributed by atoms with E-state index in [0.29, 0.717) is 38.2 Å². The van der Waals surface area contributed by atoms with Gasteiger partial charge in [-0.25, -0.2) is 14.2 Å². The maximum Gasteiger partial charge on any atom is 0.410 e. The molecule has 1 N–H and O–H groups in total. The van der Waals surface area contributed by atoms with Gasteiger partial charge in [-0.1, -0.05) is 12.1 Å². The van der Waals surface area contributed by atoms with Crippen LogP contribution in [-0.4, -0.2) is 59.1 Å². The molecule has 2 amide bonds. The van der Waals surface area contributed by atoms with Crippen LogP contribution in [0.1, 0.15) is 34.8 Å². The van der Waals surface area contributed by atoms with Crippen LogP contribution in [0.2, 0.25) is 0 Å². The minimum absolute atomic E-state index is 0.00905. The van der Waals surface area contributed by atoms with Gasteiger partial charge in [-0.15, -0.1) is 0 Å². The molecule has 2 saturated heterocycles. The lowest BCUT2D eigenvalue weighted by atomic mass is 9.89. The van der Waals surface area contributed by atoms with Crippen molar-refractivity contribution in [3.8, 4) is 0 Å². The molecule has 1 aromatic carbocycles. The Labute approximate surface area is 173 Å². The highest BCUT2D eigenvalue weighted by molar-refractivity contribution is 5.94. The lowest BCUT2D eigenvalue weighted by Gasteiger charge is -2.25. The highest BCUT2D eigenvalue weighted by Crippen LogP contribution is 2.38. The maximum atomic E-state index is 13.3. The van der Waals surface area contributed by atoms with Crippen LogP contribution in [0.4, 0.5) is 15.0 Å². The Hall–Kier alpha value is -3.16. The molecule has 3 aliphatic rings. The molecule has 0 saturated carbocycles. The van der Waals surface area contributed by atoms with Gasteiger partial charge in [-0.3, -0.25) is 9.69 Å². The van der Waals surface area contributed by atoms with E-state index >= 15 is 0 Å². The van der Waals surface area contributed by atoms with Crippen LogP contribution in [0.25, 0.3) is 0 Å². The Kier molecular flexibility index (Phi) is 4.38. The van der Waals surface area contributed by atoms with Crippen LogP contribution in [0.5, 0.6) is 0 Å². The van der Waals surface area contributed by atoms with Gasteiger partial charge in [0, 0.05) is 25.7 Å². The third-order valence-electron chi connectivity index (χ3n) is 6.32. The summed E-state index contributed by atoms with van der Waals surface area (Å²) in [4.78, 5) is 32.8. The van der Waals surface area contributed by atoms with E-state index in [1.807, 2.05) is 13.0 Å². The first-order valence-electron chi connectivity index (χ1n) is 10.2. The first-order valence-corrected chi connectivity index (χ1v) is 10.2. The number of pyridine rings is 1. The van der Waals surface area contributed by atoms with E-state index in [1.165, 1.54) is 12.1 Å². The summed E-state index contributed by atoms with van der Waals surface area (Å²) in [6.07, 6.45) is 2.72. The molecule has 0 bridgehead atoms. The quantitative estimate of drug-likeness (QED) is 0.842. The first kappa shape index (κ1) is 18.8. The standard InChI is InChI=1S/C22H23FN4O3/c1-22(16-2-4-17(23)5-3-16)11-14-10-15(12-24-19(14)25-22)20(28)26-7-6-18(13-26)27-8-9-30-21(27)29/h2-5,10,12,18H,6-9,11,13H2,1H3,(H,24,25)/t18?,22-/m1/s1. The zero-order chi connectivity index (χ0) is 20.9. The normalized spacial score (nSPS) is 25.3. The highest BCUT2D eigenvalue weighted by atomic mass is 19.1. The predicted octanol–water partition coefficient (Wildman–Crippen LogP) is 2.77. The van der Waals surface area contributed by atoms with Crippen molar-refractivity contribution in [3.63, 3.8) is 0 Å². The summed E-state index contributed by atoms with van der Waals surface area (Å²) in [5.41, 5.74) is 2.07. The van der Waals surface area contributed by atoms with Crippen LogP contribution in [-0.2, 0) is 16.7 Å². The minimum Gasteiger partial charge on any atom is -0.448 e. The zero-order valence-electron chi connectivity index (χ0n) is 16.7. The van der Waals surface area contributed by atoms with Gasteiger partial charge >= 0.3 is 6.09 Å². The molecule has 156 valence electrons. The Morgan fingerprint density at radius 3 is 2.83 bits per heavy atom. The fraction of sp³-hybridized carbons (Fsp3) is 0.409. The van der Waals surface area contributed by atoms with Crippen LogP contribution in [0.15, 0.2) is 36.5 Å². The maximum absolute atomic E-state index is 13.3. The zero-order valence-corrected chi connectivity index (χ0v) is 16.7. The number of likely N-dealkylation sites (tertiary alicyclic amines) is 1. The number of nitrogens with zero attached hydrogens (tertiary/aromatic N) is 3. The van der Waals surface area contributed by atoms with Gasteiger partial charge in [0.15, 0.2) is 0 Å². The number of fused-ring (bicyclic) bond motifs is 1. The molecule has 1 aromatic heterocycles. The molecule has 1 unspecified atom stereocenters. The Morgan fingerprint density at radius 1 is 1.30 bits per heavy atom. The number of rotatable bonds is 3. The minimum atomic E-state index is -0.403. The molecular weight excluding hydrogens is 387 g/mol. The largest absolute Gasteiger partial charge is 0.448 e. The number of benzene rings is 1. The Balaban J connectivity index is 1.31. The van der Waals surface area contributed by atoms with Gasteiger partial charge in [0.05, 0.1) is 23.7 Å². The number of aromatic nitrogens is 1. The van der Waals surface area contributed by atoms with Crippen LogP contribution < -0.4 is 5.32 Å². The molecule has 0 aliphatic carbocycles. The summed E-state index contributed by atoms with van der Waals surface area (Å²) in [5.74, 6) is 0.406.